The van der Waals surface area contributed by atoms with E-state index in [1.165, 1.54) is 19.3 Å². The van der Waals surface area contributed by atoms with Crippen molar-refractivity contribution in [1.29, 1.82) is 0 Å². The summed E-state index contributed by atoms with van der Waals surface area (Å²) in [5, 5.41) is 0. The van der Waals surface area contributed by atoms with Crippen molar-refractivity contribution in [2.75, 3.05) is 27.4 Å². The lowest BCUT2D eigenvalue weighted by atomic mass is 9.69. The number of benzene rings is 1. The van der Waals surface area contributed by atoms with Crippen LogP contribution < -0.4 is 19.9 Å². The van der Waals surface area contributed by atoms with Gasteiger partial charge in [0.2, 0.25) is 0 Å². The smallest absolute Gasteiger partial charge is 0.164 e. The largest absolute Gasteiger partial charge is 0.496 e. The monoisotopic (exact) mass is 293 g/mol. The van der Waals surface area contributed by atoms with E-state index in [2.05, 4.69) is 6.07 Å². The minimum Gasteiger partial charge on any atom is -0.496 e. The third kappa shape index (κ3) is 3.10. The molecule has 1 saturated carbocycles. The molecule has 0 spiro atoms. The first-order valence-electron chi connectivity index (χ1n) is 7.80. The number of ether oxygens (including phenoxy) is 3. The number of nitrogens with two attached hydrogens (primary N) is 1. The minimum atomic E-state index is 0.00170. The number of methoxy groups -OCH3 is 2. The SMILES string of the molecule is CCOc1cc(C2(CN)CCCCC2)c(OC)cc1OC. The zero-order valence-electron chi connectivity index (χ0n) is 13.4. The fraction of sp³-hybridized carbons (Fsp3) is 0.647. The molecule has 4 nitrogen and oxygen atoms in total. The summed E-state index contributed by atoms with van der Waals surface area (Å²) >= 11 is 0. The van der Waals surface area contributed by atoms with Gasteiger partial charge in [-0.1, -0.05) is 19.3 Å². The predicted molar refractivity (Wildman–Crippen MR) is 84.5 cm³/mol. The average molecular weight is 293 g/mol. The Morgan fingerprint density at radius 3 is 2.19 bits per heavy atom. The summed E-state index contributed by atoms with van der Waals surface area (Å²) in [4.78, 5) is 0. The molecule has 1 aliphatic carbocycles. The second-order valence-corrected chi connectivity index (χ2v) is 5.68. The quantitative estimate of drug-likeness (QED) is 0.874. The van der Waals surface area contributed by atoms with Crippen LogP contribution in [0.15, 0.2) is 12.1 Å². The molecule has 1 aliphatic rings. The van der Waals surface area contributed by atoms with Crippen LogP contribution in [0.3, 0.4) is 0 Å². The van der Waals surface area contributed by atoms with Crippen molar-refractivity contribution in [3.05, 3.63) is 17.7 Å². The van der Waals surface area contributed by atoms with Gasteiger partial charge in [0.05, 0.1) is 20.8 Å². The second-order valence-electron chi connectivity index (χ2n) is 5.68. The van der Waals surface area contributed by atoms with Gasteiger partial charge < -0.3 is 19.9 Å². The van der Waals surface area contributed by atoms with Crippen LogP contribution in [0.5, 0.6) is 17.2 Å². The lowest BCUT2D eigenvalue weighted by Gasteiger charge is -2.38. The fourth-order valence-electron chi connectivity index (χ4n) is 3.36. The molecule has 1 aromatic rings. The topological polar surface area (TPSA) is 53.7 Å². The van der Waals surface area contributed by atoms with E-state index in [-0.39, 0.29) is 5.41 Å². The lowest BCUT2D eigenvalue weighted by molar-refractivity contribution is 0.278. The van der Waals surface area contributed by atoms with Crippen LogP contribution in [0, 0.1) is 0 Å². The van der Waals surface area contributed by atoms with Crippen LogP contribution in [0.4, 0.5) is 0 Å². The molecule has 0 saturated heterocycles. The molecule has 0 aromatic heterocycles. The minimum absolute atomic E-state index is 0.00170. The van der Waals surface area contributed by atoms with Crippen LogP contribution >= 0.6 is 0 Å². The van der Waals surface area contributed by atoms with Crippen molar-refractivity contribution in [1.82, 2.24) is 0 Å². The molecule has 1 fully saturated rings. The molecular formula is C17H27NO3. The zero-order valence-corrected chi connectivity index (χ0v) is 13.4. The van der Waals surface area contributed by atoms with Gasteiger partial charge in [-0.15, -0.1) is 0 Å². The van der Waals surface area contributed by atoms with Crippen molar-refractivity contribution >= 4 is 0 Å². The Morgan fingerprint density at radius 1 is 1.00 bits per heavy atom. The molecule has 2 rings (SSSR count). The molecule has 4 heteroatoms. The first-order chi connectivity index (χ1) is 10.2. The summed E-state index contributed by atoms with van der Waals surface area (Å²) < 4.78 is 16.7. The van der Waals surface area contributed by atoms with Gasteiger partial charge in [-0.05, 0) is 25.8 Å². The van der Waals surface area contributed by atoms with Gasteiger partial charge in [0.25, 0.3) is 0 Å². The Labute approximate surface area is 127 Å². The summed E-state index contributed by atoms with van der Waals surface area (Å²) in [6.45, 7) is 3.22. The summed E-state index contributed by atoms with van der Waals surface area (Å²) in [5.41, 5.74) is 7.33. The van der Waals surface area contributed by atoms with Crippen LogP contribution in [0.2, 0.25) is 0 Å². The fourth-order valence-corrected chi connectivity index (χ4v) is 3.36. The lowest BCUT2D eigenvalue weighted by Crippen LogP contribution is -2.37. The van der Waals surface area contributed by atoms with Gasteiger partial charge in [-0.3, -0.25) is 0 Å². The van der Waals surface area contributed by atoms with Gasteiger partial charge in [0.15, 0.2) is 11.5 Å². The third-order valence-corrected chi connectivity index (χ3v) is 4.56. The maximum atomic E-state index is 6.16. The van der Waals surface area contributed by atoms with Gasteiger partial charge >= 0.3 is 0 Å². The van der Waals surface area contributed by atoms with E-state index in [1.807, 2.05) is 13.0 Å². The van der Waals surface area contributed by atoms with Crippen LogP contribution in [0.25, 0.3) is 0 Å². The van der Waals surface area contributed by atoms with Crippen molar-refractivity contribution in [2.24, 2.45) is 5.73 Å². The van der Waals surface area contributed by atoms with E-state index in [9.17, 15) is 0 Å². The summed E-state index contributed by atoms with van der Waals surface area (Å²) in [6, 6.07) is 3.99. The first-order valence-corrected chi connectivity index (χ1v) is 7.80. The van der Waals surface area contributed by atoms with E-state index in [0.29, 0.717) is 18.9 Å². The molecule has 0 bridgehead atoms. The standard InChI is InChI=1S/C17H27NO3/c1-4-21-16-10-13(14(19-2)11-15(16)20-3)17(12-18)8-6-5-7-9-17/h10-11H,4-9,12,18H2,1-3H3. The number of hydrogen-bond donors (Lipinski definition) is 1. The van der Waals surface area contributed by atoms with Crippen molar-refractivity contribution in [3.63, 3.8) is 0 Å². The van der Waals surface area contributed by atoms with Crippen molar-refractivity contribution < 1.29 is 14.2 Å². The highest BCUT2D eigenvalue weighted by molar-refractivity contribution is 5.53. The Bertz CT molecular complexity index is 467. The van der Waals surface area contributed by atoms with Gasteiger partial charge in [0.1, 0.15) is 5.75 Å². The highest BCUT2D eigenvalue weighted by Gasteiger charge is 2.36. The highest BCUT2D eigenvalue weighted by Crippen LogP contribution is 2.46. The van der Waals surface area contributed by atoms with Gasteiger partial charge in [-0.2, -0.15) is 0 Å². The molecule has 21 heavy (non-hydrogen) atoms. The van der Waals surface area contributed by atoms with Crippen LogP contribution in [-0.4, -0.2) is 27.4 Å². The number of hydrogen-bond acceptors (Lipinski definition) is 4. The zero-order chi connectivity index (χ0) is 15.3. The molecular weight excluding hydrogens is 266 g/mol. The van der Waals surface area contributed by atoms with Crippen LogP contribution in [0.1, 0.15) is 44.6 Å². The maximum Gasteiger partial charge on any atom is 0.164 e. The normalized spacial score (nSPS) is 17.3. The molecule has 0 aliphatic heterocycles. The second kappa shape index (κ2) is 7.03. The molecule has 0 heterocycles. The van der Waals surface area contributed by atoms with Crippen LogP contribution in [-0.2, 0) is 5.41 Å². The highest BCUT2D eigenvalue weighted by atomic mass is 16.5. The molecule has 118 valence electrons. The molecule has 0 unspecified atom stereocenters. The molecule has 1 aromatic carbocycles. The maximum absolute atomic E-state index is 6.16. The Morgan fingerprint density at radius 2 is 1.67 bits per heavy atom. The summed E-state index contributed by atoms with van der Waals surface area (Å²) in [5.74, 6) is 2.33. The van der Waals surface area contributed by atoms with E-state index in [4.69, 9.17) is 19.9 Å². The van der Waals surface area contributed by atoms with E-state index in [0.717, 1.165) is 29.9 Å². The third-order valence-electron chi connectivity index (χ3n) is 4.56. The summed E-state index contributed by atoms with van der Waals surface area (Å²) in [7, 11) is 3.35. The Hall–Kier alpha value is -1.42. The molecule has 0 radical (unpaired) electrons. The molecule has 2 N–H and O–H groups in total. The van der Waals surface area contributed by atoms with Gasteiger partial charge in [-0.25, -0.2) is 0 Å². The number of rotatable bonds is 6. The Balaban J connectivity index is 2.51. The van der Waals surface area contributed by atoms with Gasteiger partial charge in [0, 0.05) is 23.6 Å². The molecule has 0 atom stereocenters. The first kappa shape index (κ1) is 16.0. The van der Waals surface area contributed by atoms with E-state index >= 15 is 0 Å². The van der Waals surface area contributed by atoms with E-state index in [1.54, 1.807) is 14.2 Å². The molecule has 0 amide bonds. The van der Waals surface area contributed by atoms with Crippen molar-refractivity contribution in [2.45, 2.75) is 44.4 Å². The van der Waals surface area contributed by atoms with Crippen molar-refractivity contribution in [3.8, 4) is 17.2 Å². The average Bonchev–Trinajstić information content (AvgIpc) is 2.55. The van der Waals surface area contributed by atoms with E-state index < -0.39 is 0 Å². The summed E-state index contributed by atoms with van der Waals surface area (Å²) in [6.07, 6.45) is 5.95. The Kier molecular flexibility index (Phi) is 5.34. The predicted octanol–water partition coefficient (Wildman–Crippen LogP) is 3.26.